The first kappa shape index (κ1) is 24.2. The molecular formula is C31H46N8O4. The lowest BCUT2D eigenvalue weighted by atomic mass is 9.89. The van der Waals surface area contributed by atoms with Crippen molar-refractivity contribution in [1.29, 1.82) is 0 Å². The van der Waals surface area contributed by atoms with Gasteiger partial charge < -0.3 is 39.3 Å². The van der Waals surface area contributed by atoms with Crippen LogP contribution < -0.4 is 39.3 Å². The Morgan fingerprint density at radius 1 is 0.907 bits per heavy atom. The van der Waals surface area contributed by atoms with E-state index in [4.69, 9.17) is 39.6 Å². The van der Waals surface area contributed by atoms with E-state index in [1.54, 1.807) is 30.3 Å². The predicted octanol–water partition coefficient (Wildman–Crippen LogP) is 0.0120. The highest BCUT2D eigenvalue weighted by Gasteiger charge is 2.30. The molecule has 0 aliphatic rings. The summed E-state index contributed by atoms with van der Waals surface area (Å²) in [6, 6.07) is -0.752. The second-order valence-electron chi connectivity index (χ2n) is 9.75. The molecule has 12 heteroatoms. The lowest BCUT2D eigenvalue weighted by Gasteiger charge is -2.24. The van der Waals surface area contributed by atoms with Crippen LogP contribution in [-0.4, -0.2) is 60.7 Å². The van der Waals surface area contributed by atoms with E-state index >= 15 is 0 Å². The summed E-state index contributed by atoms with van der Waals surface area (Å²) in [7, 11) is 0. The standard InChI is InChI=1S/C31H46N8O4/c32-16-8-7-14-26(28(34)41)39-29(42)23(18-21-10-3-1-4-11-21)20-27(40)25(15-9-17-37-31(35)36)38-30(43)24(33)19-22-12-5-2-6-13-22/h1-6,10-13,23-26H,7-9,14-20,32-33H2,(H2,34,41)(H,38,43)(H,39,42)(H4,35,36,37)/t23-,24+,25-,26+/m1/s1/i1D,3D,4D,10D,11D,18D2,26D. The number of guanidine groups is 1. The molecule has 0 saturated heterocycles. The zero-order valence-corrected chi connectivity index (χ0v) is 23.9. The van der Waals surface area contributed by atoms with E-state index in [9.17, 15) is 19.2 Å². The van der Waals surface area contributed by atoms with Crippen molar-refractivity contribution < 1.29 is 30.1 Å². The lowest BCUT2D eigenvalue weighted by Crippen LogP contribution is -2.51. The van der Waals surface area contributed by atoms with Crippen LogP contribution in [0.4, 0.5) is 0 Å². The molecule has 234 valence electrons. The number of nitrogens with zero attached hydrogens (tertiary/aromatic N) is 1. The molecule has 0 bridgehead atoms. The fourth-order valence-electron chi connectivity index (χ4n) is 4.04. The number of nitrogens with two attached hydrogens (primary N) is 5. The summed E-state index contributed by atoms with van der Waals surface area (Å²) in [5.74, 6) is -6.76. The minimum atomic E-state index is -3.18. The molecule has 0 aliphatic carbocycles. The summed E-state index contributed by atoms with van der Waals surface area (Å²) in [6.07, 6.45) is -3.89. The van der Waals surface area contributed by atoms with Crippen LogP contribution in [-0.2, 0) is 32.0 Å². The SMILES string of the molecule is [2H]c1c([2H])c([2H])c(C([2H])([2H])[C@H](CC(=O)[C@@H](CCCN=C(N)N)NC(=O)[C@@H](N)Cc2ccccc2)C(=O)N[C@@]([2H])(CCCCN)C(N)=O)c([2H])c1[2H]. The van der Waals surface area contributed by atoms with Gasteiger partial charge in [-0.1, -0.05) is 60.5 Å². The van der Waals surface area contributed by atoms with Gasteiger partial charge in [0.05, 0.1) is 20.3 Å². The quantitative estimate of drug-likeness (QED) is 0.0618. The molecule has 12 N–H and O–H groups in total. The van der Waals surface area contributed by atoms with Crippen LogP contribution in [0.3, 0.4) is 0 Å². The van der Waals surface area contributed by atoms with E-state index in [0.29, 0.717) is 6.42 Å². The van der Waals surface area contributed by atoms with Crippen molar-refractivity contribution in [3.05, 3.63) is 71.7 Å². The highest BCUT2D eigenvalue weighted by atomic mass is 16.2. The molecule has 0 unspecified atom stereocenters. The summed E-state index contributed by atoms with van der Waals surface area (Å²) < 4.78 is 67.4. The van der Waals surface area contributed by atoms with Gasteiger partial charge >= 0.3 is 0 Å². The van der Waals surface area contributed by atoms with Crippen LogP contribution >= 0.6 is 0 Å². The number of hydrogen-bond acceptors (Lipinski definition) is 7. The number of hydrogen-bond donors (Lipinski definition) is 7. The van der Waals surface area contributed by atoms with Gasteiger partial charge in [0.2, 0.25) is 17.7 Å². The van der Waals surface area contributed by atoms with E-state index in [2.05, 4.69) is 15.6 Å². The second-order valence-corrected chi connectivity index (χ2v) is 9.75. The molecule has 0 fully saturated rings. The number of primary amides is 1. The summed E-state index contributed by atoms with van der Waals surface area (Å²) in [6.45, 7) is 0.233. The molecule has 0 radical (unpaired) electrons. The average molecular weight is 603 g/mol. The van der Waals surface area contributed by atoms with Gasteiger partial charge in [-0.2, -0.15) is 0 Å². The Balaban J connectivity index is 2.61. The number of carbonyl (C=O) groups is 4. The maximum Gasteiger partial charge on any atom is 0.239 e. The molecule has 0 saturated carbocycles. The molecule has 0 heterocycles. The van der Waals surface area contributed by atoms with Gasteiger partial charge in [0.15, 0.2) is 11.7 Å². The normalized spacial score (nSPS) is 17.3. The Hall–Kier alpha value is -4.29. The number of carbonyl (C=O) groups excluding carboxylic acids is 4. The van der Waals surface area contributed by atoms with E-state index in [-0.39, 0.29) is 51.2 Å². The molecule has 12 nitrogen and oxygen atoms in total. The van der Waals surface area contributed by atoms with Gasteiger partial charge in [0.1, 0.15) is 6.02 Å². The minimum absolute atomic E-state index is 0.0357. The van der Waals surface area contributed by atoms with Crippen LogP contribution in [0.15, 0.2) is 65.5 Å². The van der Waals surface area contributed by atoms with Gasteiger partial charge in [-0.25, -0.2) is 0 Å². The third kappa shape index (κ3) is 13.5. The van der Waals surface area contributed by atoms with Crippen LogP contribution in [0, 0.1) is 5.92 Å². The Morgan fingerprint density at radius 3 is 2.23 bits per heavy atom. The van der Waals surface area contributed by atoms with Crippen molar-refractivity contribution in [2.45, 2.75) is 69.4 Å². The Morgan fingerprint density at radius 2 is 1.60 bits per heavy atom. The number of rotatable bonds is 20. The van der Waals surface area contributed by atoms with Crippen LogP contribution in [0.2, 0.25) is 0 Å². The third-order valence-corrected chi connectivity index (χ3v) is 6.28. The van der Waals surface area contributed by atoms with Crippen LogP contribution in [0.25, 0.3) is 0 Å². The molecule has 43 heavy (non-hydrogen) atoms. The molecule has 0 spiro atoms. The number of aliphatic imine (C=N–C) groups is 1. The van der Waals surface area contributed by atoms with Gasteiger partial charge in [-0.05, 0) is 62.6 Å². The molecule has 2 aromatic carbocycles. The highest BCUT2D eigenvalue weighted by Crippen LogP contribution is 2.17. The highest BCUT2D eigenvalue weighted by molar-refractivity contribution is 5.94. The number of unbranched alkanes of at least 4 members (excludes halogenated alkanes) is 1. The van der Waals surface area contributed by atoms with Crippen molar-refractivity contribution in [2.24, 2.45) is 39.6 Å². The van der Waals surface area contributed by atoms with E-state index in [1.165, 1.54) is 0 Å². The van der Waals surface area contributed by atoms with Gasteiger partial charge in [0, 0.05) is 21.6 Å². The minimum Gasteiger partial charge on any atom is -0.370 e. The van der Waals surface area contributed by atoms with E-state index in [1.807, 2.05) is 0 Å². The largest absolute Gasteiger partial charge is 0.370 e. The number of Topliss-reactive ketones (excluding diaryl/α,β-unsaturated/α-hetero) is 1. The number of benzene rings is 2. The monoisotopic (exact) mass is 602 g/mol. The average Bonchev–Trinajstić information content (AvgIpc) is 3.06. The smallest absolute Gasteiger partial charge is 0.239 e. The van der Waals surface area contributed by atoms with Crippen LogP contribution in [0.5, 0.6) is 0 Å². The fourth-order valence-corrected chi connectivity index (χ4v) is 4.04. The Kier molecular flexibility index (Phi) is 10.7. The van der Waals surface area contributed by atoms with Gasteiger partial charge in [-0.3, -0.25) is 24.2 Å². The second kappa shape index (κ2) is 19.0. The van der Waals surface area contributed by atoms with Crippen LogP contribution in [0.1, 0.15) is 60.6 Å². The maximum atomic E-state index is 14.0. The Labute approximate surface area is 264 Å². The van der Waals surface area contributed by atoms with Gasteiger partial charge in [-0.15, -0.1) is 0 Å². The number of nitrogens with one attached hydrogen (secondary N) is 2. The summed E-state index contributed by atoms with van der Waals surface area (Å²) >= 11 is 0. The topological polar surface area (TPSA) is 235 Å². The van der Waals surface area contributed by atoms with Gasteiger partial charge in [0.25, 0.3) is 0 Å². The first-order valence-electron chi connectivity index (χ1n) is 17.9. The molecule has 3 amide bonds. The molecule has 2 rings (SSSR count). The zero-order chi connectivity index (χ0) is 38.7. The van der Waals surface area contributed by atoms with Crippen molar-refractivity contribution in [3.63, 3.8) is 0 Å². The molecule has 0 aliphatic heterocycles. The summed E-state index contributed by atoms with van der Waals surface area (Å²) in [5, 5.41) is 4.67. The molecule has 2 aromatic rings. The molecule has 0 aromatic heterocycles. The molecular weight excluding hydrogens is 548 g/mol. The first-order valence-corrected chi connectivity index (χ1v) is 13.9. The van der Waals surface area contributed by atoms with Crippen molar-refractivity contribution >= 4 is 29.5 Å². The summed E-state index contributed by atoms with van der Waals surface area (Å²) in [4.78, 5) is 57.4. The van der Waals surface area contributed by atoms with Crippen molar-refractivity contribution in [2.75, 3.05) is 13.1 Å². The fraction of sp³-hybridized carbons (Fsp3) is 0.452. The molecule has 4 atom stereocenters. The summed E-state index contributed by atoms with van der Waals surface area (Å²) in [5.41, 5.74) is 27.7. The zero-order valence-electron chi connectivity index (χ0n) is 31.9. The van der Waals surface area contributed by atoms with Crippen molar-refractivity contribution in [3.8, 4) is 0 Å². The van der Waals surface area contributed by atoms with E-state index < -0.39 is 96.1 Å². The first-order chi connectivity index (χ1) is 23.8. The number of ketones is 1. The van der Waals surface area contributed by atoms with E-state index in [0.717, 1.165) is 5.56 Å². The number of amides is 3. The predicted molar refractivity (Wildman–Crippen MR) is 167 cm³/mol. The lowest BCUT2D eigenvalue weighted by molar-refractivity contribution is -0.133. The van der Waals surface area contributed by atoms with Crippen molar-refractivity contribution in [1.82, 2.24) is 10.6 Å². The Bertz CT molecular complexity index is 1570. The third-order valence-electron chi connectivity index (χ3n) is 6.28. The maximum absolute atomic E-state index is 14.0.